The molecule has 23 heavy (non-hydrogen) atoms. The lowest BCUT2D eigenvalue weighted by molar-refractivity contribution is -0.0857. The van der Waals surface area contributed by atoms with Gasteiger partial charge in [-0.05, 0) is 25.9 Å². The number of likely N-dealkylation sites (tertiary alicyclic amines) is 1. The minimum atomic E-state index is -0.127. The molecule has 134 valence electrons. The smallest absolute Gasteiger partial charge is 0.193 e. The summed E-state index contributed by atoms with van der Waals surface area (Å²) < 4.78 is 11.3. The van der Waals surface area contributed by atoms with Gasteiger partial charge in [0.2, 0.25) is 0 Å². The van der Waals surface area contributed by atoms with Crippen LogP contribution in [0.5, 0.6) is 0 Å². The second-order valence-corrected chi connectivity index (χ2v) is 6.71. The highest BCUT2D eigenvalue weighted by Gasteiger charge is 2.33. The zero-order valence-electron chi connectivity index (χ0n) is 15.3. The number of nitrogens with zero attached hydrogens (tertiary/aromatic N) is 3. The molecule has 2 aliphatic rings. The molecule has 1 atom stereocenters. The van der Waals surface area contributed by atoms with Crippen molar-refractivity contribution < 1.29 is 9.47 Å². The molecule has 2 saturated heterocycles. The number of likely N-dealkylation sites (N-methyl/N-ethyl adjacent to an activating group) is 2. The lowest BCUT2D eigenvalue weighted by Gasteiger charge is -2.37. The van der Waals surface area contributed by atoms with E-state index in [9.17, 15) is 0 Å². The van der Waals surface area contributed by atoms with Crippen LogP contribution in [0.3, 0.4) is 0 Å². The number of hydrogen-bond acceptors (Lipinski definition) is 4. The van der Waals surface area contributed by atoms with Gasteiger partial charge < -0.3 is 19.7 Å². The first kappa shape index (κ1) is 18.5. The molecule has 1 N–H and O–H groups in total. The second-order valence-electron chi connectivity index (χ2n) is 6.71. The van der Waals surface area contributed by atoms with E-state index in [2.05, 4.69) is 34.1 Å². The number of rotatable bonds is 6. The van der Waals surface area contributed by atoms with Crippen molar-refractivity contribution in [2.24, 2.45) is 4.99 Å². The molecule has 0 aromatic carbocycles. The van der Waals surface area contributed by atoms with Crippen LogP contribution in [0.4, 0.5) is 0 Å². The molecule has 0 aromatic heterocycles. The molecular weight excluding hydrogens is 292 g/mol. The van der Waals surface area contributed by atoms with Gasteiger partial charge >= 0.3 is 0 Å². The quantitative estimate of drug-likeness (QED) is 0.587. The fourth-order valence-corrected chi connectivity index (χ4v) is 3.74. The van der Waals surface area contributed by atoms with Crippen molar-refractivity contribution in [2.45, 2.75) is 44.2 Å². The van der Waals surface area contributed by atoms with Gasteiger partial charge in [-0.2, -0.15) is 0 Å². The molecule has 2 aliphatic heterocycles. The number of guanidine groups is 1. The maximum absolute atomic E-state index is 5.80. The van der Waals surface area contributed by atoms with Gasteiger partial charge in [0.15, 0.2) is 5.96 Å². The van der Waals surface area contributed by atoms with E-state index < -0.39 is 0 Å². The van der Waals surface area contributed by atoms with E-state index in [1.807, 2.05) is 7.05 Å². The average molecular weight is 326 g/mol. The molecule has 0 saturated carbocycles. The van der Waals surface area contributed by atoms with E-state index in [1.165, 1.54) is 19.4 Å². The largest absolute Gasteiger partial charge is 0.381 e. The zero-order chi connectivity index (χ0) is 16.7. The Bertz CT molecular complexity index is 383. The van der Waals surface area contributed by atoms with Gasteiger partial charge in [-0.3, -0.25) is 9.89 Å². The van der Waals surface area contributed by atoms with Crippen LogP contribution in [0.15, 0.2) is 4.99 Å². The topological polar surface area (TPSA) is 49.3 Å². The van der Waals surface area contributed by atoms with Crippen molar-refractivity contribution >= 4 is 5.96 Å². The van der Waals surface area contributed by atoms with Gasteiger partial charge in [-0.25, -0.2) is 0 Å². The predicted octanol–water partition coefficient (Wildman–Crippen LogP) is 1.17. The number of hydrogen-bond donors (Lipinski definition) is 1. The second kappa shape index (κ2) is 8.85. The van der Waals surface area contributed by atoms with Crippen LogP contribution in [-0.2, 0) is 9.47 Å². The van der Waals surface area contributed by atoms with Gasteiger partial charge in [0.05, 0.1) is 5.60 Å². The van der Waals surface area contributed by atoms with Crippen LogP contribution < -0.4 is 5.32 Å². The zero-order valence-corrected chi connectivity index (χ0v) is 15.3. The minimum Gasteiger partial charge on any atom is -0.381 e. The van der Waals surface area contributed by atoms with Crippen LogP contribution >= 0.6 is 0 Å². The maximum atomic E-state index is 5.80. The first-order chi connectivity index (χ1) is 11.1. The number of ether oxygens (including phenoxy) is 2. The minimum absolute atomic E-state index is 0.127. The van der Waals surface area contributed by atoms with Gasteiger partial charge in [0.1, 0.15) is 0 Å². The third-order valence-corrected chi connectivity index (χ3v) is 5.37. The molecule has 0 aliphatic carbocycles. The Morgan fingerprint density at radius 3 is 2.78 bits per heavy atom. The fraction of sp³-hybridized carbons (Fsp3) is 0.941. The Morgan fingerprint density at radius 2 is 2.17 bits per heavy atom. The van der Waals surface area contributed by atoms with Crippen LogP contribution in [-0.4, -0.2) is 88.0 Å². The summed E-state index contributed by atoms with van der Waals surface area (Å²) in [6.45, 7) is 7.97. The molecule has 2 rings (SSSR count). The molecule has 0 bridgehead atoms. The first-order valence-electron chi connectivity index (χ1n) is 8.93. The molecule has 2 fully saturated rings. The SMILES string of the molecule is CCN1CCCC1CN(C)C(=NC)NCC1(OC)CCOCC1. The number of aliphatic imine (C=N–C) groups is 1. The van der Waals surface area contributed by atoms with Gasteiger partial charge in [-0.1, -0.05) is 6.92 Å². The molecule has 2 heterocycles. The van der Waals surface area contributed by atoms with Crippen LogP contribution in [0.1, 0.15) is 32.6 Å². The summed E-state index contributed by atoms with van der Waals surface area (Å²) in [5, 5.41) is 3.51. The van der Waals surface area contributed by atoms with E-state index in [4.69, 9.17) is 9.47 Å². The Morgan fingerprint density at radius 1 is 1.43 bits per heavy atom. The molecular formula is C17H34N4O2. The number of nitrogens with one attached hydrogen (secondary N) is 1. The first-order valence-corrected chi connectivity index (χ1v) is 8.93. The summed E-state index contributed by atoms with van der Waals surface area (Å²) in [5.41, 5.74) is -0.127. The van der Waals surface area contributed by atoms with Crippen LogP contribution in [0.2, 0.25) is 0 Å². The Kier molecular flexibility index (Phi) is 7.11. The molecule has 6 heteroatoms. The van der Waals surface area contributed by atoms with E-state index in [0.29, 0.717) is 6.04 Å². The summed E-state index contributed by atoms with van der Waals surface area (Å²) in [6.07, 6.45) is 4.46. The highest BCUT2D eigenvalue weighted by atomic mass is 16.5. The summed E-state index contributed by atoms with van der Waals surface area (Å²) in [5.74, 6) is 0.955. The van der Waals surface area contributed by atoms with E-state index in [1.54, 1.807) is 7.11 Å². The highest BCUT2D eigenvalue weighted by Crippen LogP contribution is 2.23. The fourth-order valence-electron chi connectivity index (χ4n) is 3.74. The highest BCUT2D eigenvalue weighted by molar-refractivity contribution is 5.79. The monoisotopic (exact) mass is 326 g/mol. The average Bonchev–Trinajstić information content (AvgIpc) is 3.03. The third kappa shape index (κ3) is 4.81. The van der Waals surface area contributed by atoms with Crippen molar-refractivity contribution in [3.8, 4) is 0 Å². The normalized spacial score (nSPS) is 25.6. The van der Waals surface area contributed by atoms with Gasteiger partial charge in [0.25, 0.3) is 0 Å². The summed E-state index contributed by atoms with van der Waals surface area (Å²) >= 11 is 0. The predicted molar refractivity (Wildman–Crippen MR) is 94.1 cm³/mol. The lowest BCUT2D eigenvalue weighted by atomic mass is 9.94. The molecule has 0 amide bonds. The summed E-state index contributed by atoms with van der Waals surface area (Å²) in [4.78, 5) is 9.28. The van der Waals surface area contributed by atoms with Crippen molar-refractivity contribution in [1.29, 1.82) is 0 Å². The van der Waals surface area contributed by atoms with E-state index in [0.717, 1.165) is 51.6 Å². The van der Waals surface area contributed by atoms with Gasteiger partial charge in [0, 0.05) is 66.4 Å². The summed E-state index contributed by atoms with van der Waals surface area (Å²) in [6, 6.07) is 0.642. The van der Waals surface area contributed by atoms with E-state index in [-0.39, 0.29) is 5.60 Å². The Hall–Kier alpha value is -0.850. The van der Waals surface area contributed by atoms with E-state index >= 15 is 0 Å². The summed E-state index contributed by atoms with van der Waals surface area (Å²) in [7, 11) is 5.79. The van der Waals surface area contributed by atoms with Crippen molar-refractivity contribution in [3.63, 3.8) is 0 Å². The lowest BCUT2D eigenvalue weighted by Crippen LogP contribution is -2.52. The van der Waals surface area contributed by atoms with Crippen molar-refractivity contribution in [2.75, 3.05) is 60.6 Å². The number of methoxy groups -OCH3 is 1. The molecule has 0 aromatic rings. The molecule has 1 unspecified atom stereocenters. The van der Waals surface area contributed by atoms with Crippen LogP contribution in [0.25, 0.3) is 0 Å². The van der Waals surface area contributed by atoms with Gasteiger partial charge in [-0.15, -0.1) is 0 Å². The standard InChI is InChI=1S/C17H34N4O2/c1-5-21-10-6-7-15(21)13-20(3)16(18-2)19-14-17(22-4)8-11-23-12-9-17/h15H,5-14H2,1-4H3,(H,18,19). The third-order valence-electron chi connectivity index (χ3n) is 5.37. The molecule has 0 radical (unpaired) electrons. The molecule has 6 nitrogen and oxygen atoms in total. The van der Waals surface area contributed by atoms with Crippen molar-refractivity contribution in [1.82, 2.24) is 15.1 Å². The van der Waals surface area contributed by atoms with Crippen LogP contribution in [0, 0.1) is 0 Å². The maximum Gasteiger partial charge on any atom is 0.193 e. The van der Waals surface area contributed by atoms with Crippen molar-refractivity contribution in [3.05, 3.63) is 0 Å². The Labute approximate surface area is 141 Å². The molecule has 0 spiro atoms. The Balaban J connectivity index is 1.86.